The average Bonchev–Trinajstić information content (AvgIpc) is 3.52. The predicted molar refractivity (Wildman–Crippen MR) is 186 cm³/mol. The number of allylic oxidation sites excluding steroid dienone is 2. The van der Waals surface area contributed by atoms with Crippen molar-refractivity contribution in [2.75, 3.05) is 19.1 Å². The first kappa shape index (κ1) is 32.6. The number of ether oxygens (including phenoxy) is 2. The standard InChI is InChI=1S/C40H39ClN2O7/c1-49-26-19-31(44)34(32(20-26)50-2)35-27-16-17-28-33(38(47)42(36(28)45)24-13-7-4-8-14-24)29(27)21-30-37(46)43(25-15-9-12-23(41)18-25)39(48)40(30,35)22-10-5-3-6-11-22/h3,5-6,9-12,15-16,18-20,24,28-30,33,35,44H,4,7-8,13-14,17,21H2,1-2H3. The molecule has 2 saturated carbocycles. The number of benzene rings is 3. The maximum atomic E-state index is 15.4. The molecule has 9 nitrogen and oxygen atoms in total. The number of hydrogen-bond donors (Lipinski definition) is 1. The highest BCUT2D eigenvalue weighted by Gasteiger charge is 2.71. The molecule has 2 heterocycles. The maximum Gasteiger partial charge on any atom is 0.246 e. The summed E-state index contributed by atoms with van der Waals surface area (Å²) < 4.78 is 11.4. The van der Waals surface area contributed by atoms with Crippen molar-refractivity contribution >= 4 is 40.9 Å². The molecule has 6 unspecified atom stereocenters. The van der Waals surface area contributed by atoms with Gasteiger partial charge in [-0.15, -0.1) is 0 Å². The van der Waals surface area contributed by atoms with Crippen LogP contribution in [-0.4, -0.2) is 53.9 Å². The van der Waals surface area contributed by atoms with Gasteiger partial charge in [0.15, 0.2) is 0 Å². The van der Waals surface area contributed by atoms with E-state index in [9.17, 15) is 19.5 Å². The Labute approximate surface area is 295 Å². The minimum atomic E-state index is -1.54. The zero-order chi connectivity index (χ0) is 34.9. The molecule has 4 fully saturated rings. The van der Waals surface area contributed by atoms with Gasteiger partial charge in [-0.1, -0.05) is 78.9 Å². The minimum Gasteiger partial charge on any atom is -0.507 e. The van der Waals surface area contributed by atoms with Gasteiger partial charge in [0.05, 0.1) is 43.1 Å². The summed E-state index contributed by atoms with van der Waals surface area (Å²) in [6, 6.07) is 18.9. The van der Waals surface area contributed by atoms with Crippen molar-refractivity contribution in [3.63, 3.8) is 0 Å². The second kappa shape index (κ2) is 12.3. The van der Waals surface area contributed by atoms with Gasteiger partial charge in [0.2, 0.25) is 23.6 Å². The van der Waals surface area contributed by atoms with E-state index in [1.54, 1.807) is 30.3 Å². The van der Waals surface area contributed by atoms with Gasteiger partial charge in [0.25, 0.3) is 0 Å². The highest BCUT2D eigenvalue weighted by molar-refractivity contribution is 6.32. The van der Waals surface area contributed by atoms with Gasteiger partial charge in [-0.25, -0.2) is 4.90 Å². The Morgan fingerprint density at radius 1 is 0.840 bits per heavy atom. The van der Waals surface area contributed by atoms with Crippen molar-refractivity contribution < 1.29 is 33.8 Å². The summed E-state index contributed by atoms with van der Waals surface area (Å²) in [6.45, 7) is 0. The van der Waals surface area contributed by atoms with Crippen LogP contribution in [0.5, 0.6) is 17.2 Å². The van der Waals surface area contributed by atoms with E-state index >= 15 is 4.79 Å². The number of likely N-dealkylation sites (tertiary alicyclic amines) is 1. The Balaban J connectivity index is 1.38. The first-order valence-electron chi connectivity index (χ1n) is 17.4. The van der Waals surface area contributed by atoms with Crippen LogP contribution in [0.4, 0.5) is 5.69 Å². The summed E-state index contributed by atoms with van der Waals surface area (Å²) in [7, 11) is 2.97. The van der Waals surface area contributed by atoms with Crippen molar-refractivity contribution in [3.8, 4) is 17.2 Å². The largest absolute Gasteiger partial charge is 0.507 e. The summed E-state index contributed by atoms with van der Waals surface area (Å²) >= 11 is 6.41. The summed E-state index contributed by atoms with van der Waals surface area (Å²) in [6.07, 6.45) is 7.11. The molecule has 2 aliphatic heterocycles. The normalized spacial score (nSPS) is 29.4. The van der Waals surface area contributed by atoms with Crippen LogP contribution in [0, 0.1) is 23.7 Å². The van der Waals surface area contributed by atoms with Crippen molar-refractivity contribution in [2.45, 2.75) is 62.3 Å². The van der Waals surface area contributed by atoms with Crippen molar-refractivity contribution in [2.24, 2.45) is 23.7 Å². The Bertz CT molecular complexity index is 1940. The van der Waals surface area contributed by atoms with Crippen LogP contribution >= 0.6 is 11.6 Å². The zero-order valence-corrected chi connectivity index (χ0v) is 28.8. The van der Waals surface area contributed by atoms with Gasteiger partial charge < -0.3 is 14.6 Å². The van der Waals surface area contributed by atoms with E-state index in [2.05, 4.69) is 0 Å². The first-order valence-corrected chi connectivity index (χ1v) is 17.8. The summed E-state index contributed by atoms with van der Waals surface area (Å²) in [5.41, 5.74) is 0.489. The van der Waals surface area contributed by atoms with Gasteiger partial charge in [-0.05, 0) is 55.4 Å². The van der Waals surface area contributed by atoms with Crippen LogP contribution < -0.4 is 14.4 Å². The van der Waals surface area contributed by atoms with Crippen LogP contribution in [0.1, 0.15) is 62.0 Å². The van der Waals surface area contributed by atoms with E-state index < -0.39 is 46.8 Å². The Morgan fingerprint density at radius 2 is 1.60 bits per heavy atom. The average molecular weight is 695 g/mol. The molecule has 3 aliphatic carbocycles. The van der Waals surface area contributed by atoms with E-state index in [1.807, 2.05) is 36.4 Å². The fourth-order valence-corrected chi connectivity index (χ4v) is 10.1. The van der Waals surface area contributed by atoms with Gasteiger partial charge >= 0.3 is 0 Å². The van der Waals surface area contributed by atoms with E-state index in [1.165, 1.54) is 30.1 Å². The van der Waals surface area contributed by atoms with Crippen LogP contribution in [0.25, 0.3) is 0 Å². The van der Waals surface area contributed by atoms with Gasteiger partial charge in [-0.2, -0.15) is 0 Å². The third-order valence-electron chi connectivity index (χ3n) is 12.0. The zero-order valence-electron chi connectivity index (χ0n) is 28.0. The fraction of sp³-hybridized carbons (Fsp3) is 0.400. The number of nitrogens with zero attached hydrogens (tertiary/aromatic N) is 2. The van der Waals surface area contributed by atoms with E-state index in [4.69, 9.17) is 21.1 Å². The molecule has 2 saturated heterocycles. The number of methoxy groups -OCH3 is 2. The lowest BCUT2D eigenvalue weighted by molar-refractivity contribution is -0.143. The van der Waals surface area contributed by atoms with Gasteiger partial charge in [0, 0.05) is 34.7 Å². The lowest BCUT2D eigenvalue weighted by atomic mass is 9.49. The van der Waals surface area contributed by atoms with Gasteiger partial charge in [-0.3, -0.25) is 24.1 Å². The quantitative estimate of drug-likeness (QED) is 0.230. The molecular formula is C40H39ClN2O7. The summed E-state index contributed by atoms with van der Waals surface area (Å²) in [5.74, 6) is -4.38. The number of carbonyl (C=O) groups is 4. The number of halogens is 1. The maximum absolute atomic E-state index is 15.4. The number of phenols is 1. The first-order chi connectivity index (χ1) is 24.2. The molecule has 1 N–H and O–H groups in total. The van der Waals surface area contributed by atoms with Crippen molar-refractivity contribution in [1.82, 2.24) is 4.90 Å². The molecule has 0 radical (unpaired) electrons. The van der Waals surface area contributed by atoms with E-state index in [-0.39, 0.29) is 35.8 Å². The number of phenolic OH excluding ortho intramolecular Hbond substituents is 1. The van der Waals surface area contributed by atoms with Crippen LogP contribution in [0.3, 0.4) is 0 Å². The molecule has 6 atom stereocenters. The molecule has 0 spiro atoms. The topological polar surface area (TPSA) is 113 Å². The smallest absolute Gasteiger partial charge is 0.246 e. The molecule has 0 bridgehead atoms. The number of aromatic hydroxyl groups is 1. The SMILES string of the molecule is COc1cc(O)c(C2C3=CCC4C(=O)N(C5CCCCC5)C(=O)C4C3CC3C(=O)N(c4cccc(Cl)c4)C(=O)C32c2ccccc2)c(OC)c1. The molecule has 4 amide bonds. The Hall–Kier alpha value is -4.63. The number of amides is 4. The Morgan fingerprint density at radius 3 is 2.30 bits per heavy atom. The number of fused-ring (bicyclic) bond motifs is 4. The summed E-state index contributed by atoms with van der Waals surface area (Å²) in [5, 5.41) is 12.2. The predicted octanol–water partition coefficient (Wildman–Crippen LogP) is 6.56. The molecule has 8 rings (SSSR count). The van der Waals surface area contributed by atoms with Crippen LogP contribution in [-0.2, 0) is 24.6 Å². The Kier molecular flexibility index (Phi) is 8.01. The lowest BCUT2D eigenvalue weighted by Crippen LogP contribution is -2.53. The molecular weight excluding hydrogens is 656 g/mol. The number of rotatable bonds is 6. The fourth-order valence-electron chi connectivity index (χ4n) is 9.95. The molecule has 5 aliphatic rings. The van der Waals surface area contributed by atoms with E-state index in [0.29, 0.717) is 34.0 Å². The monoisotopic (exact) mass is 694 g/mol. The molecule has 10 heteroatoms. The second-order valence-corrected chi connectivity index (χ2v) is 14.6. The summed E-state index contributed by atoms with van der Waals surface area (Å²) in [4.78, 5) is 61.7. The number of anilines is 1. The molecule has 3 aromatic carbocycles. The number of carbonyl (C=O) groups excluding carboxylic acids is 4. The molecule has 258 valence electrons. The molecule has 3 aromatic rings. The molecule has 50 heavy (non-hydrogen) atoms. The minimum absolute atomic E-state index is 0.126. The number of hydrogen-bond acceptors (Lipinski definition) is 7. The molecule has 0 aromatic heterocycles. The lowest BCUT2D eigenvalue weighted by Gasteiger charge is -2.51. The highest BCUT2D eigenvalue weighted by atomic mass is 35.5. The van der Waals surface area contributed by atoms with Crippen LogP contribution in [0.15, 0.2) is 78.4 Å². The van der Waals surface area contributed by atoms with Crippen molar-refractivity contribution in [3.05, 3.63) is 94.5 Å². The van der Waals surface area contributed by atoms with Crippen molar-refractivity contribution in [1.29, 1.82) is 0 Å². The third kappa shape index (κ3) is 4.58. The highest BCUT2D eigenvalue weighted by Crippen LogP contribution is 2.66. The van der Waals surface area contributed by atoms with Gasteiger partial charge in [0.1, 0.15) is 17.2 Å². The third-order valence-corrected chi connectivity index (χ3v) is 12.2. The van der Waals surface area contributed by atoms with Crippen LogP contribution in [0.2, 0.25) is 5.02 Å². The van der Waals surface area contributed by atoms with E-state index in [0.717, 1.165) is 37.7 Å². The second-order valence-electron chi connectivity index (χ2n) is 14.2. The number of imide groups is 2.